The van der Waals surface area contributed by atoms with Crippen LogP contribution in [0.3, 0.4) is 0 Å². The number of aromatic nitrogens is 1. The Morgan fingerprint density at radius 1 is 1.15 bits per heavy atom. The Morgan fingerprint density at radius 3 is 2.45 bits per heavy atom. The maximum absolute atomic E-state index is 5.25. The van der Waals surface area contributed by atoms with Crippen LogP contribution in [-0.4, -0.2) is 23.1 Å². The summed E-state index contributed by atoms with van der Waals surface area (Å²) in [6.07, 6.45) is 2.49. The van der Waals surface area contributed by atoms with Crippen molar-refractivity contribution in [1.82, 2.24) is 10.1 Å². The van der Waals surface area contributed by atoms with Gasteiger partial charge in [-0.15, -0.1) is 0 Å². The zero-order valence-corrected chi connectivity index (χ0v) is 12.3. The third-order valence-corrected chi connectivity index (χ3v) is 4.42. The van der Waals surface area contributed by atoms with Crippen molar-refractivity contribution in [3.05, 3.63) is 52.9 Å². The second-order valence-electron chi connectivity index (χ2n) is 5.76. The van der Waals surface area contributed by atoms with Gasteiger partial charge in [0, 0.05) is 12.1 Å². The number of nitrogens with zero attached hydrogens (tertiary/aromatic N) is 2. The summed E-state index contributed by atoms with van der Waals surface area (Å²) in [6.45, 7) is 7.32. The number of hydrogen-bond donors (Lipinski definition) is 0. The Hall–Kier alpha value is -1.61. The first kappa shape index (κ1) is 13.4. The Labute approximate surface area is 120 Å². The number of rotatable bonds is 3. The van der Waals surface area contributed by atoms with E-state index in [-0.39, 0.29) is 0 Å². The summed E-state index contributed by atoms with van der Waals surface area (Å²) in [5.74, 6) is 1.69. The van der Waals surface area contributed by atoms with Crippen molar-refractivity contribution in [2.24, 2.45) is 0 Å². The fourth-order valence-electron chi connectivity index (χ4n) is 3.10. The molecule has 0 bridgehead atoms. The van der Waals surface area contributed by atoms with E-state index in [0.29, 0.717) is 0 Å². The van der Waals surface area contributed by atoms with Gasteiger partial charge >= 0.3 is 0 Å². The molecule has 0 spiro atoms. The summed E-state index contributed by atoms with van der Waals surface area (Å²) in [7, 11) is 0. The lowest BCUT2D eigenvalue weighted by Crippen LogP contribution is -2.32. The molecule has 0 unspecified atom stereocenters. The molecular weight excluding hydrogens is 248 g/mol. The number of piperidine rings is 1. The molecule has 1 aromatic heterocycles. The summed E-state index contributed by atoms with van der Waals surface area (Å²) in [5.41, 5.74) is 3.79. The topological polar surface area (TPSA) is 29.3 Å². The van der Waals surface area contributed by atoms with E-state index in [4.69, 9.17) is 4.52 Å². The lowest BCUT2D eigenvalue weighted by Gasteiger charge is -2.32. The fourth-order valence-corrected chi connectivity index (χ4v) is 3.10. The van der Waals surface area contributed by atoms with Gasteiger partial charge < -0.3 is 4.52 Å². The van der Waals surface area contributed by atoms with Crippen LogP contribution in [0.15, 0.2) is 34.9 Å². The molecule has 106 valence electrons. The van der Waals surface area contributed by atoms with Crippen molar-refractivity contribution < 1.29 is 4.52 Å². The number of aryl methyl sites for hydroxylation is 2. The lowest BCUT2D eigenvalue weighted by atomic mass is 9.89. The predicted octanol–water partition coefficient (Wildman–Crippen LogP) is 3.67. The summed E-state index contributed by atoms with van der Waals surface area (Å²) in [4.78, 5) is 2.52. The zero-order chi connectivity index (χ0) is 13.9. The van der Waals surface area contributed by atoms with Crippen molar-refractivity contribution in [3.8, 4) is 0 Å². The van der Waals surface area contributed by atoms with Gasteiger partial charge in [0.05, 0.1) is 5.69 Å². The van der Waals surface area contributed by atoms with Crippen LogP contribution in [0, 0.1) is 13.8 Å². The highest BCUT2D eigenvalue weighted by atomic mass is 16.5. The molecule has 0 radical (unpaired) electrons. The molecule has 1 aliphatic rings. The predicted molar refractivity (Wildman–Crippen MR) is 79.7 cm³/mol. The van der Waals surface area contributed by atoms with Crippen molar-refractivity contribution in [3.63, 3.8) is 0 Å². The monoisotopic (exact) mass is 270 g/mol. The average Bonchev–Trinajstić information content (AvgIpc) is 2.81. The van der Waals surface area contributed by atoms with Crippen molar-refractivity contribution in [2.75, 3.05) is 13.1 Å². The number of benzene rings is 1. The maximum Gasteiger partial charge on any atom is 0.138 e. The molecule has 20 heavy (non-hydrogen) atoms. The smallest absolute Gasteiger partial charge is 0.138 e. The molecule has 2 aromatic rings. The molecule has 0 saturated carbocycles. The average molecular weight is 270 g/mol. The molecule has 3 nitrogen and oxygen atoms in total. The van der Waals surface area contributed by atoms with Gasteiger partial charge in [-0.25, -0.2) is 0 Å². The third-order valence-electron chi connectivity index (χ3n) is 4.42. The van der Waals surface area contributed by atoms with Gasteiger partial charge in [0.15, 0.2) is 0 Å². The zero-order valence-electron chi connectivity index (χ0n) is 12.3. The molecule has 1 aliphatic heterocycles. The highest BCUT2D eigenvalue weighted by Gasteiger charge is 2.22. The highest BCUT2D eigenvalue weighted by molar-refractivity contribution is 5.22. The first-order valence-electron chi connectivity index (χ1n) is 7.43. The van der Waals surface area contributed by atoms with E-state index in [1.165, 1.54) is 24.0 Å². The van der Waals surface area contributed by atoms with E-state index < -0.39 is 0 Å². The lowest BCUT2D eigenvalue weighted by molar-refractivity contribution is 0.203. The minimum absolute atomic E-state index is 0.720. The van der Waals surface area contributed by atoms with Gasteiger partial charge in [-0.3, -0.25) is 4.90 Å². The van der Waals surface area contributed by atoms with Crippen LogP contribution in [0.2, 0.25) is 0 Å². The van der Waals surface area contributed by atoms with E-state index in [0.717, 1.165) is 37.0 Å². The molecule has 0 atom stereocenters. The van der Waals surface area contributed by atoms with Crippen LogP contribution in [0.4, 0.5) is 0 Å². The normalized spacial score (nSPS) is 17.5. The van der Waals surface area contributed by atoms with Gasteiger partial charge in [-0.1, -0.05) is 35.5 Å². The van der Waals surface area contributed by atoms with Crippen LogP contribution in [0.1, 0.15) is 41.3 Å². The first-order chi connectivity index (χ1) is 9.74. The van der Waals surface area contributed by atoms with Crippen molar-refractivity contribution in [2.45, 2.75) is 39.2 Å². The van der Waals surface area contributed by atoms with Crippen LogP contribution >= 0.6 is 0 Å². The minimum atomic E-state index is 0.720. The van der Waals surface area contributed by atoms with Gasteiger partial charge in [-0.2, -0.15) is 0 Å². The molecule has 3 rings (SSSR count). The molecule has 1 fully saturated rings. The highest BCUT2D eigenvalue weighted by Crippen LogP contribution is 2.29. The summed E-state index contributed by atoms with van der Waals surface area (Å²) < 4.78 is 5.25. The Kier molecular flexibility index (Phi) is 3.88. The largest absolute Gasteiger partial charge is 0.361 e. The summed E-state index contributed by atoms with van der Waals surface area (Å²) in [6, 6.07) is 10.9. The van der Waals surface area contributed by atoms with Crippen LogP contribution in [-0.2, 0) is 6.54 Å². The van der Waals surface area contributed by atoms with Crippen molar-refractivity contribution in [1.29, 1.82) is 0 Å². The standard InChI is InChI=1S/C17H22N2O/c1-13-17(14(2)20-18-13)12-19-10-8-16(9-11-19)15-6-4-3-5-7-15/h3-7,16H,8-12H2,1-2H3. The van der Waals surface area contributed by atoms with Crippen molar-refractivity contribution >= 4 is 0 Å². The molecule has 0 aliphatic carbocycles. The minimum Gasteiger partial charge on any atom is -0.361 e. The van der Waals surface area contributed by atoms with E-state index in [9.17, 15) is 0 Å². The Morgan fingerprint density at radius 2 is 1.85 bits per heavy atom. The molecule has 3 heteroatoms. The molecule has 1 aromatic carbocycles. The second-order valence-corrected chi connectivity index (χ2v) is 5.76. The van der Waals surface area contributed by atoms with E-state index in [2.05, 4.69) is 40.4 Å². The summed E-state index contributed by atoms with van der Waals surface area (Å²) >= 11 is 0. The quantitative estimate of drug-likeness (QED) is 0.852. The molecule has 1 saturated heterocycles. The van der Waals surface area contributed by atoms with Gasteiger partial charge in [-0.05, 0) is 51.3 Å². The molecule has 0 N–H and O–H groups in total. The van der Waals surface area contributed by atoms with Crippen LogP contribution < -0.4 is 0 Å². The third kappa shape index (κ3) is 2.78. The second kappa shape index (κ2) is 5.80. The molecular formula is C17H22N2O. The number of likely N-dealkylation sites (tertiary alicyclic amines) is 1. The summed E-state index contributed by atoms with van der Waals surface area (Å²) in [5, 5.41) is 4.04. The number of hydrogen-bond acceptors (Lipinski definition) is 3. The van der Waals surface area contributed by atoms with E-state index in [1.54, 1.807) is 0 Å². The van der Waals surface area contributed by atoms with Gasteiger partial charge in [0.2, 0.25) is 0 Å². The van der Waals surface area contributed by atoms with Gasteiger partial charge in [0.25, 0.3) is 0 Å². The SMILES string of the molecule is Cc1noc(C)c1CN1CCC(c2ccccc2)CC1. The van der Waals surface area contributed by atoms with Gasteiger partial charge in [0.1, 0.15) is 5.76 Å². The molecule has 2 heterocycles. The molecule has 0 amide bonds. The van der Waals surface area contributed by atoms with E-state index in [1.807, 2.05) is 13.8 Å². The van der Waals surface area contributed by atoms with Crippen LogP contribution in [0.25, 0.3) is 0 Å². The maximum atomic E-state index is 5.25. The Bertz CT molecular complexity index is 534. The van der Waals surface area contributed by atoms with Crippen LogP contribution in [0.5, 0.6) is 0 Å². The fraction of sp³-hybridized carbons (Fsp3) is 0.471. The first-order valence-corrected chi connectivity index (χ1v) is 7.43. The van der Waals surface area contributed by atoms with E-state index >= 15 is 0 Å². The Balaban J connectivity index is 1.59.